The normalized spacial score (nSPS) is 11.0. The van der Waals surface area contributed by atoms with E-state index in [-0.39, 0.29) is 11.6 Å². The molecule has 0 aliphatic heterocycles. The minimum Gasteiger partial charge on any atom is -0.342 e. The molecule has 6 heteroatoms. The van der Waals surface area contributed by atoms with Gasteiger partial charge in [0, 0.05) is 24.0 Å². The van der Waals surface area contributed by atoms with Gasteiger partial charge in [-0.3, -0.25) is 9.78 Å². The van der Waals surface area contributed by atoms with Crippen molar-refractivity contribution in [1.29, 1.82) is 0 Å². The van der Waals surface area contributed by atoms with Crippen LogP contribution in [0.3, 0.4) is 0 Å². The van der Waals surface area contributed by atoms with Gasteiger partial charge in [0.2, 0.25) is 0 Å². The topological polar surface area (TPSA) is 83.6 Å². The van der Waals surface area contributed by atoms with Crippen molar-refractivity contribution in [3.05, 3.63) is 48.3 Å². The van der Waals surface area contributed by atoms with Crippen molar-refractivity contribution >= 4 is 22.6 Å². The van der Waals surface area contributed by atoms with Crippen molar-refractivity contribution in [3.63, 3.8) is 0 Å². The smallest absolute Gasteiger partial charge is 0.275 e. The maximum atomic E-state index is 12.0. The van der Waals surface area contributed by atoms with Crippen LogP contribution in [-0.2, 0) is 0 Å². The molecule has 3 rings (SSSR count). The minimum atomic E-state index is -0.286. The van der Waals surface area contributed by atoms with E-state index in [1.54, 1.807) is 0 Å². The van der Waals surface area contributed by atoms with Crippen molar-refractivity contribution in [2.45, 2.75) is 19.8 Å². The van der Waals surface area contributed by atoms with Crippen LogP contribution in [0.5, 0.6) is 0 Å². The van der Waals surface area contributed by atoms with Gasteiger partial charge in [-0.2, -0.15) is 0 Å². The predicted molar refractivity (Wildman–Crippen MR) is 80.2 cm³/mol. The summed E-state index contributed by atoms with van der Waals surface area (Å²) in [5.74, 6) is 0.975. The molecule has 0 aliphatic carbocycles. The first-order chi connectivity index (χ1) is 10.1. The minimum absolute atomic E-state index is 0.282. The van der Waals surface area contributed by atoms with Crippen LogP contribution in [0.2, 0.25) is 0 Å². The Kier molecular flexibility index (Phi) is 3.35. The summed E-state index contributed by atoms with van der Waals surface area (Å²) in [6, 6.07) is 5.56. The largest absolute Gasteiger partial charge is 0.342 e. The lowest BCUT2D eigenvalue weighted by molar-refractivity contribution is 0.102. The molecule has 1 amide bonds. The number of nitrogens with zero attached hydrogens (tertiary/aromatic N) is 3. The fourth-order valence-corrected chi connectivity index (χ4v) is 1.99. The van der Waals surface area contributed by atoms with Gasteiger partial charge in [0.1, 0.15) is 11.5 Å². The predicted octanol–water partition coefficient (Wildman–Crippen LogP) is 2.73. The van der Waals surface area contributed by atoms with E-state index in [1.165, 1.54) is 18.6 Å². The zero-order valence-corrected chi connectivity index (χ0v) is 11.8. The Labute approximate surface area is 121 Å². The highest BCUT2D eigenvalue weighted by Crippen LogP contribution is 2.20. The molecule has 2 N–H and O–H groups in total. The maximum Gasteiger partial charge on any atom is 0.275 e. The number of fused-ring (bicyclic) bond motifs is 1. The van der Waals surface area contributed by atoms with Gasteiger partial charge in [0.25, 0.3) is 5.91 Å². The number of anilines is 1. The van der Waals surface area contributed by atoms with Gasteiger partial charge in [0.05, 0.1) is 17.2 Å². The van der Waals surface area contributed by atoms with Crippen LogP contribution in [0.25, 0.3) is 11.0 Å². The van der Waals surface area contributed by atoms with E-state index < -0.39 is 0 Å². The monoisotopic (exact) mass is 281 g/mol. The molecule has 0 radical (unpaired) electrons. The summed E-state index contributed by atoms with van der Waals surface area (Å²) in [4.78, 5) is 27.6. The van der Waals surface area contributed by atoms with Crippen LogP contribution < -0.4 is 5.32 Å². The van der Waals surface area contributed by atoms with Crippen LogP contribution in [0.1, 0.15) is 36.1 Å². The SMILES string of the molecule is CC(C)c1nc2ccc(NC(=O)c3cnccn3)cc2[nH]1. The number of imidazole rings is 1. The van der Waals surface area contributed by atoms with E-state index in [0.29, 0.717) is 11.6 Å². The summed E-state index contributed by atoms with van der Waals surface area (Å²) in [6.45, 7) is 4.16. The maximum absolute atomic E-state index is 12.0. The van der Waals surface area contributed by atoms with Crippen LogP contribution in [0, 0.1) is 0 Å². The molecule has 1 aromatic carbocycles. The van der Waals surface area contributed by atoms with Crippen molar-refractivity contribution in [1.82, 2.24) is 19.9 Å². The fraction of sp³-hybridized carbons (Fsp3) is 0.200. The summed E-state index contributed by atoms with van der Waals surface area (Å²) in [6.07, 6.45) is 4.45. The number of hydrogen-bond donors (Lipinski definition) is 2. The highest BCUT2D eigenvalue weighted by Gasteiger charge is 2.10. The number of hydrogen-bond acceptors (Lipinski definition) is 4. The summed E-state index contributed by atoms with van der Waals surface area (Å²) in [7, 11) is 0. The van der Waals surface area contributed by atoms with Gasteiger partial charge in [0.15, 0.2) is 0 Å². The second-order valence-electron chi connectivity index (χ2n) is 5.05. The molecule has 0 fully saturated rings. The Morgan fingerprint density at radius 1 is 1.29 bits per heavy atom. The molecule has 21 heavy (non-hydrogen) atoms. The molecule has 106 valence electrons. The highest BCUT2D eigenvalue weighted by atomic mass is 16.1. The molecule has 0 saturated heterocycles. The van der Waals surface area contributed by atoms with Crippen molar-refractivity contribution in [2.75, 3.05) is 5.32 Å². The molecule has 0 unspecified atom stereocenters. The number of H-pyrrole nitrogens is 1. The second kappa shape index (κ2) is 5.32. The van der Waals surface area contributed by atoms with Crippen LogP contribution in [0.4, 0.5) is 5.69 Å². The first kappa shape index (κ1) is 13.2. The molecule has 6 nitrogen and oxygen atoms in total. The molecule has 3 aromatic rings. The number of carbonyl (C=O) groups is 1. The van der Waals surface area contributed by atoms with Crippen LogP contribution in [-0.4, -0.2) is 25.8 Å². The number of aromatic amines is 1. The number of benzene rings is 1. The van der Waals surface area contributed by atoms with E-state index in [2.05, 4.69) is 39.1 Å². The van der Waals surface area contributed by atoms with Crippen molar-refractivity contribution < 1.29 is 4.79 Å². The Bertz CT molecular complexity index is 779. The summed E-state index contributed by atoms with van der Waals surface area (Å²) >= 11 is 0. The van der Waals surface area contributed by atoms with Crippen LogP contribution >= 0.6 is 0 Å². The van der Waals surface area contributed by atoms with E-state index in [0.717, 1.165) is 16.9 Å². The van der Waals surface area contributed by atoms with Gasteiger partial charge in [-0.1, -0.05) is 13.8 Å². The second-order valence-corrected chi connectivity index (χ2v) is 5.05. The molecule has 2 aromatic heterocycles. The van der Waals surface area contributed by atoms with Crippen LogP contribution in [0.15, 0.2) is 36.8 Å². The number of nitrogens with one attached hydrogen (secondary N) is 2. The summed E-state index contributed by atoms with van der Waals surface area (Å²) in [5.41, 5.74) is 2.76. The molecular weight excluding hydrogens is 266 g/mol. The molecule has 2 heterocycles. The summed E-state index contributed by atoms with van der Waals surface area (Å²) in [5, 5.41) is 2.80. The first-order valence-corrected chi connectivity index (χ1v) is 6.70. The number of amides is 1. The zero-order chi connectivity index (χ0) is 14.8. The quantitative estimate of drug-likeness (QED) is 0.773. The average molecular weight is 281 g/mol. The Balaban J connectivity index is 1.86. The van der Waals surface area contributed by atoms with Gasteiger partial charge in [-0.15, -0.1) is 0 Å². The first-order valence-electron chi connectivity index (χ1n) is 6.70. The van der Waals surface area contributed by atoms with E-state index in [9.17, 15) is 4.79 Å². The highest BCUT2D eigenvalue weighted by molar-refractivity contribution is 6.03. The van der Waals surface area contributed by atoms with Gasteiger partial charge < -0.3 is 10.3 Å². The summed E-state index contributed by atoms with van der Waals surface area (Å²) < 4.78 is 0. The van der Waals surface area contributed by atoms with E-state index in [4.69, 9.17) is 0 Å². The molecular formula is C15H15N5O. The van der Waals surface area contributed by atoms with Crippen molar-refractivity contribution in [3.8, 4) is 0 Å². The molecule has 0 atom stereocenters. The average Bonchev–Trinajstić information content (AvgIpc) is 2.91. The number of rotatable bonds is 3. The number of carbonyl (C=O) groups excluding carboxylic acids is 1. The number of aromatic nitrogens is 4. The lowest BCUT2D eigenvalue weighted by atomic mass is 10.2. The fourth-order valence-electron chi connectivity index (χ4n) is 1.99. The third-order valence-corrected chi connectivity index (χ3v) is 3.10. The van der Waals surface area contributed by atoms with Gasteiger partial charge >= 0.3 is 0 Å². The Morgan fingerprint density at radius 3 is 2.86 bits per heavy atom. The van der Waals surface area contributed by atoms with Crippen molar-refractivity contribution in [2.24, 2.45) is 0 Å². The molecule has 0 bridgehead atoms. The van der Waals surface area contributed by atoms with Gasteiger partial charge in [-0.05, 0) is 18.2 Å². The Hall–Kier alpha value is -2.76. The molecule has 0 aliphatic rings. The van der Waals surface area contributed by atoms with E-state index in [1.807, 2.05) is 18.2 Å². The lowest BCUT2D eigenvalue weighted by Gasteiger charge is -2.03. The standard InChI is InChI=1S/C15H15N5O/c1-9(2)14-19-11-4-3-10(7-12(11)20-14)18-15(21)13-8-16-5-6-17-13/h3-9H,1-2H3,(H,18,21)(H,19,20). The Morgan fingerprint density at radius 2 is 2.14 bits per heavy atom. The lowest BCUT2D eigenvalue weighted by Crippen LogP contribution is -2.13. The van der Waals surface area contributed by atoms with Gasteiger partial charge in [-0.25, -0.2) is 9.97 Å². The van der Waals surface area contributed by atoms with E-state index >= 15 is 0 Å². The zero-order valence-electron chi connectivity index (χ0n) is 11.8. The third-order valence-electron chi connectivity index (χ3n) is 3.10. The third kappa shape index (κ3) is 2.74. The molecule has 0 saturated carbocycles. The molecule has 0 spiro atoms.